The van der Waals surface area contributed by atoms with Crippen LogP contribution in [0.5, 0.6) is 5.75 Å². The van der Waals surface area contributed by atoms with Crippen LogP contribution in [0.1, 0.15) is 21.5 Å². The van der Waals surface area contributed by atoms with Gasteiger partial charge in [-0.3, -0.25) is 4.79 Å². The summed E-state index contributed by atoms with van der Waals surface area (Å²) in [6.07, 6.45) is -4.43. The van der Waals surface area contributed by atoms with Gasteiger partial charge in [0.15, 0.2) is 0 Å². The van der Waals surface area contributed by atoms with E-state index in [1.54, 1.807) is 0 Å². The smallest absolute Gasteiger partial charge is 0.416 e. The van der Waals surface area contributed by atoms with E-state index in [0.717, 1.165) is 18.2 Å². The van der Waals surface area contributed by atoms with Crippen molar-refractivity contribution >= 4 is 15.9 Å². The van der Waals surface area contributed by atoms with E-state index >= 15 is 0 Å². The van der Waals surface area contributed by atoms with Crippen LogP contribution in [-0.2, 0) is 22.7 Å². The number of amides is 1. The molecule has 0 saturated carbocycles. The molecule has 0 saturated heterocycles. The van der Waals surface area contributed by atoms with E-state index in [1.807, 2.05) is 0 Å². The van der Waals surface area contributed by atoms with E-state index in [9.17, 15) is 26.4 Å². The Morgan fingerprint density at radius 1 is 1.11 bits per heavy atom. The molecule has 0 heterocycles. The molecule has 2 N–H and O–H groups in total. The van der Waals surface area contributed by atoms with Crippen LogP contribution in [0.4, 0.5) is 13.2 Å². The third-order valence-electron chi connectivity index (χ3n) is 3.72. The van der Waals surface area contributed by atoms with Crippen LogP contribution in [0.15, 0.2) is 47.4 Å². The largest absolute Gasteiger partial charge is 0.495 e. The van der Waals surface area contributed by atoms with Gasteiger partial charge in [-0.15, -0.1) is 0 Å². The molecule has 0 aliphatic rings. The standard InChI is InChI=1S/C17H17F3N2O4S/c1-21-27(24,25)15-9-12(5-8-14(15)26-2)16(23)22-10-11-3-6-13(7-4-11)17(18,19)20/h3-9,21H,10H2,1-2H3,(H,22,23). The molecule has 0 aromatic heterocycles. The SMILES string of the molecule is CNS(=O)(=O)c1cc(C(=O)NCc2ccc(C(F)(F)F)cc2)ccc1OC. The second-order valence-electron chi connectivity index (χ2n) is 5.45. The Morgan fingerprint density at radius 2 is 1.74 bits per heavy atom. The van der Waals surface area contributed by atoms with Gasteiger partial charge in [0.05, 0.1) is 12.7 Å². The molecule has 1 amide bonds. The maximum absolute atomic E-state index is 12.5. The highest BCUT2D eigenvalue weighted by Gasteiger charge is 2.29. The minimum absolute atomic E-state index is 0.0168. The van der Waals surface area contributed by atoms with Crippen molar-refractivity contribution in [3.63, 3.8) is 0 Å². The molecule has 0 fully saturated rings. The van der Waals surface area contributed by atoms with Crippen LogP contribution in [0.25, 0.3) is 0 Å². The number of hydrogen-bond acceptors (Lipinski definition) is 4. The summed E-state index contributed by atoms with van der Waals surface area (Å²) in [5.74, 6) is -0.506. The van der Waals surface area contributed by atoms with E-state index in [0.29, 0.717) is 5.56 Å². The zero-order valence-corrected chi connectivity index (χ0v) is 15.2. The number of carbonyl (C=O) groups excluding carboxylic acids is 1. The topological polar surface area (TPSA) is 84.5 Å². The van der Waals surface area contributed by atoms with Crippen LogP contribution in [0, 0.1) is 0 Å². The number of nitrogens with one attached hydrogen (secondary N) is 2. The van der Waals surface area contributed by atoms with Gasteiger partial charge in [-0.25, -0.2) is 13.1 Å². The molecular formula is C17H17F3N2O4S. The van der Waals surface area contributed by atoms with Gasteiger partial charge in [0.25, 0.3) is 5.91 Å². The molecule has 0 unspecified atom stereocenters. The molecule has 0 bridgehead atoms. The number of alkyl halides is 3. The second-order valence-corrected chi connectivity index (χ2v) is 7.31. The summed E-state index contributed by atoms with van der Waals surface area (Å²) in [5, 5.41) is 2.53. The van der Waals surface area contributed by atoms with Crippen molar-refractivity contribution in [2.45, 2.75) is 17.6 Å². The van der Waals surface area contributed by atoms with Crippen molar-refractivity contribution in [2.24, 2.45) is 0 Å². The highest BCUT2D eigenvalue weighted by Crippen LogP contribution is 2.29. The van der Waals surface area contributed by atoms with E-state index in [2.05, 4.69) is 10.0 Å². The lowest BCUT2D eigenvalue weighted by Gasteiger charge is -2.11. The monoisotopic (exact) mass is 402 g/mol. The summed E-state index contributed by atoms with van der Waals surface area (Å²) in [4.78, 5) is 12.1. The first-order valence-corrected chi connectivity index (χ1v) is 9.12. The number of sulfonamides is 1. The summed E-state index contributed by atoms with van der Waals surface area (Å²) in [7, 11) is -1.32. The Morgan fingerprint density at radius 3 is 2.26 bits per heavy atom. The summed E-state index contributed by atoms with van der Waals surface area (Å²) in [6, 6.07) is 8.25. The average Bonchev–Trinajstić information content (AvgIpc) is 2.65. The first-order valence-electron chi connectivity index (χ1n) is 7.64. The van der Waals surface area contributed by atoms with Gasteiger partial charge in [-0.1, -0.05) is 12.1 Å². The summed E-state index contributed by atoms with van der Waals surface area (Å²) in [6.45, 7) is -0.0168. The zero-order valence-electron chi connectivity index (χ0n) is 14.4. The summed E-state index contributed by atoms with van der Waals surface area (Å²) in [5.41, 5.74) is -0.251. The van der Waals surface area contributed by atoms with Crippen LogP contribution in [0.2, 0.25) is 0 Å². The summed E-state index contributed by atoms with van der Waals surface area (Å²) < 4.78 is 68.8. The van der Waals surface area contributed by atoms with Gasteiger partial charge < -0.3 is 10.1 Å². The van der Waals surface area contributed by atoms with Crippen LogP contribution >= 0.6 is 0 Å². The van der Waals surface area contributed by atoms with E-state index in [1.165, 1.54) is 38.4 Å². The first kappa shape index (κ1) is 20.7. The molecule has 146 valence electrons. The second kappa shape index (κ2) is 7.97. The first-order chi connectivity index (χ1) is 12.6. The van der Waals surface area contributed by atoms with Crippen molar-refractivity contribution in [1.82, 2.24) is 10.0 Å². The zero-order chi connectivity index (χ0) is 20.2. The molecule has 2 aromatic rings. The third kappa shape index (κ3) is 4.98. The number of hydrogen-bond donors (Lipinski definition) is 2. The van der Waals surface area contributed by atoms with Gasteiger partial charge in [0, 0.05) is 12.1 Å². The molecule has 0 atom stereocenters. The highest BCUT2D eigenvalue weighted by atomic mass is 32.2. The Hall–Kier alpha value is -2.59. The quantitative estimate of drug-likeness (QED) is 0.778. The van der Waals surface area contributed by atoms with Gasteiger partial charge in [-0.05, 0) is 42.9 Å². The predicted octanol–water partition coefficient (Wildman–Crippen LogP) is 2.55. The number of rotatable bonds is 6. The Balaban J connectivity index is 2.15. The number of benzene rings is 2. The molecule has 6 nitrogen and oxygen atoms in total. The van der Waals surface area contributed by atoms with Crippen LogP contribution < -0.4 is 14.8 Å². The number of carbonyl (C=O) groups is 1. The molecule has 0 spiro atoms. The fraction of sp³-hybridized carbons (Fsp3) is 0.235. The van der Waals surface area contributed by atoms with Gasteiger partial charge in [-0.2, -0.15) is 13.2 Å². The highest BCUT2D eigenvalue weighted by molar-refractivity contribution is 7.89. The number of halogens is 3. The number of ether oxygens (including phenoxy) is 1. The fourth-order valence-electron chi connectivity index (χ4n) is 2.23. The minimum atomic E-state index is -4.43. The van der Waals surface area contributed by atoms with Crippen LogP contribution in [0.3, 0.4) is 0 Å². The molecule has 0 aliphatic heterocycles. The molecule has 27 heavy (non-hydrogen) atoms. The van der Waals surface area contributed by atoms with E-state index in [4.69, 9.17) is 4.74 Å². The Bertz CT molecular complexity index is 926. The van der Waals surface area contributed by atoms with Crippen molar-refractivity contribution in [3.8, 4) is 5.75 Å². The van der Waals surface area contributed by atoms with Gasteiger partial charge in [0.2, 0.25) is 10.0 Å². The molecule has 2 rings (SSSR count). The van der Waals surface area contributed by atoms with Crippen LogP contribution in [-0.4, -0.2) is 28.5 Å². The van der Waals surface area contributed by atoms with Crippen molar-refractivity contribution in [1.29, 1.82) is 0 Å². The lowest BCUT2D eigenvalue weighted by Crippen LogP contribution is -2.24. The predicted molar refractivity (Wildman–Crippen MR) is 91.9 cm³/mol. The molecule has 10 heteroatoms. The molecule has 0 radical (unpaired) electrons. The molecule has 2 aromatic carbocycles. The third-order valence-corrected chi connectivity index (χ3v) is 5.15. The molecule has 0 aliphatic carbocycles. The molecular weight excluding hydrogens is 385 g/mol. The Labute approximate surface area is 154 Å². The van der Waals surface area contributed by atoms with E-state index in [-0.39, 0.29) is 22.8 Å². The lowest BCUT2D eigenvalue weighted by molar-refractivity contribution is -0.137. The summed E-state index contributed by atoms with van der Waals surface area (Å²) >= 11 is 0. The minimum Gasteiger partial charge on any atom is -0.495 e. The van der Waals surface area contributed by atoms with Gasteiger partial charge in [0.1, 0.15) is 10.6 Å². The van der Waals surface area contributed by atoms with Crippen molar-refractivity contribution < 1.29 is 31.1 Å². The fourth-order valence-corrected chi connectivity index (χ4v) is 3.15. The van der Waals surface area contributed by atoms with Gasteiger partial charge >= 0.3 is 6.18 Å². The van der Waals surface area contributed by atoms with Crippen molar-refractivity contribution in [3.05, 3.63) is 59.2 Å². The Kier molecular flexibility index (Phi) is 6.11. The normalized spacial score (nSPS) is 11.9. The van der Waals surface area contributed by atoms with E-state index < -0.39 is 27.7 Å². The maximum atomic E-state index is 12.5. The number of methoxy groups -OCH3 is 1. The van der Waals surface area contributed by atoms with Crippen molar-refractivity contribution in [2.75, 3.05) is 14.2 Å². The average molecular weight is 402 g/mol. The lowest BCUT2D eigenvalue weighted by atomic mass is 10.1. The maximum Gasteiger partial charge on any atom is 0.416 e.